The van der Waals surface area contributed by atoms with Crippen molar-refractivity contribution in [3.05, 3.63) is 35.8 Å². The van der Waals surface area contributed by atoms with E-state index in [0.717, 1.165) is 18.4 Å². The predicted molar refractivity (Wildman–Crippen MR) is 91.9 cm³/mol. The maximum absolute atomic E-state index is 13.5. The van der Waals surface area contributed by atoms with E-state index in [0.29, 0.717) is 37.1 Å². The summed E-state index contributed by atoms with van der Waals surface area (Å²) < 4.78 is 19.3. The lowest BCUT2D eigenvalue weighted by Gasteiger charge is -2.56. The number of aromatic nitrogens is 1. The highest BCUT2D eigenvalue weighted by Crippen LogP contribution is 2.51. The van der Waals surface area contributed by atoms with Crippen molar-refractivity contribution in [3.8, 4) is 0 Å². The number of rotatable bonds is 3. The Kier molecular flexibility index (Phi) is 4.04. The van der Waals surface area contributed by atoms with E-state index < -0.39 is 0 Å². The molecule has 134 valence electrons. The third-order valence-corrected chi connectivity index (χ3v) is 5.97. The minimum atomic E-state index is -0.351. The van der Waals surface area contributed by atoms with Crippen LogP contribution in [0.2, 0.25) is 0 Å². The molecule has 25 heavy (non-hydrogen) atoms. The van der Waals surface area contributed by atoms with Gasteiger partial charge in [-0.1, -0.05) is 0 Å². The molecule has 1 saturated heterocycles. The van der Waals surface area contributed by atoms with Crippen LogP contribution in [0.3, 0.4) is 0 Å². The Bertz CT molecular complexity index is 793. The van der Waals surface area contributed by atoms with Crippen molar-refractivity contribution in [1.82, 2.24) is 9.88 Å². The van der Waals surface area contributed by atoms with Gasteiger partial charge < -0.3 is 19.7 Å². The van der Waals surface area contributed by atoms with Gasteiger partial charge in [0.25, 0.3) is 5.91 Å². The highest BCUT2D eigenvalue weighted by Gasteiger charge is 2.56. The first-order chi connectivity index (χ1) is 12.0. The van der Waals surface area contributed by atoms with Gasteiger partial charge in [0.1, 0.15) is 5.82 Å². The second-order valence-electron chi connectivity index (χ2n) is 7.11. The first-order valence-corrected chi connectivity index (χ1v) is 8.91. The van der Waals surface area contributed by atoms with Gasteiger partial charge in [-0.15, -0.1) is 0 Å². The molecule has 0 bridgehead atoms. The van der Waals surface area contributed by atoms with Crippen LogP contribution in [0, 0.1) is 11.2 Å². The van der Waals surface area contributed by atoms with Gasteiger partial charge in [0, 0.05) is 48.6 Å². The molecule has 1 saturated carbocycles. The van der Waals surface area contributed by atoms with E-state index in [-0.39, 0.29) is 29.3 Å². The molecule has 0 unspecified atom stereocenters. The number of hydrogen-bond donors (Lipinski definition) is 2. The van der Waals surface area contributed by atoms with Crippen LogP contribution < -0.4 is 0 Å². The molecule has 1 aliphatic heterocycles. The van der Waals surface area contributed by atoms with Crippen LogP contribution in [-0.4, -0.2) is 52.8 Å². The molecule has 2 N–H and O–H groups in total. The molecular formula is C19H23FN2O3. The second-order valence-corrected chi connectivity index (χ2v) is 7.11. The molecule has 6 heteroatoms. The summed E-state index contributed by atoms with van der Waals surface area (Å²) in [6.45, 7) is 3.78. The van der Waals surface area contributed by atoms with Crippen molar-refractivity contribution in [2.24, 2.45) is 5.41 Å². The molecule has 2 fully saturated rings. The quantitative estimate of drug-likeness (QED) is 0.898. The number of aliphatic hydroxyl groups excluding tert-OH is 1. The van der Waals surface area contributed by atoms with E-state index in [1.54, 1.807) is 17.2 Å². The third kappa shape index (κ3) is 2.55. The van der Waals surface area contributed by atoms with Crippen LogP contribution in [0.1, 0.15) is 36.5 Å². The van der Waals surface area contributed by atoms with E-state index in [4.69, 9.17) is 4.74 Å². The maximum Gasteiger partial charge on any atom is 0.256 e. The lowest BCUT2D eigenvalue weighted by Crippen LogP contribution is -2.62. The van der Waals surface area contributed by atoms with Gasteiger partial charge in [0.15, 0.2) is 0 Å². The molecule has 4 rings (SSSR count). The fourth-order valence-corrected chi connectivity index (χ4v) is 4.38. The van der Waals surface area contributed by atoms with Crippen molar-refractivity contribution in [3.63, 3.8) is 0 Å². The molecule has 2 aliphatic rings. The van der Waals surface area contributed by atoms with Gasteiger partial charge in [-0.2, -0.15) is 0 Å². The van der Waals surface area contributed by atoms with Crippen LogP contribution in [0.15, 0.2) is 24.4 Å². The van der Waals surface area contributed by atoms with Gasteiger partial charge in [-0.05, 0) is 38.0 Å². The van der Waals surface area contributed by atoms with E-state index in [1.807, 2.05) is 6.92 Å². The number of carbonyl (C=O) groups excluding carboxylic acids is 1. The highest BCUT2D eigenvalue weighted by molar-refractivity contribution is 6.06. The normalized spacial score (nSPS) is 25.3. The van der Waals surface area contributed by atoms with Crippen LogP contribution in [-0.2, 0) is 4.74 Å². The number of halogens is 1. The molecular weight excluding hydrogens is 323 g/mol. The Morgan fingerprint density at radius 3 is 2.88 bits per heavy atom. The Morgan fingerprint density at radius 2 is 2.20 bits per heavy atom. The van der Waals surface area contributed by atoms with Gasteiger partial charge in [-0.25, -0.2) is 4.39 Å². The molecule has 0 radical (unpaired) electrons. The molecule has 1 aromatic heterocycles. The zero-order chi connectivity index (χ0) is 17.6. The molecule has 2 aromatic rings. The lowest BCUT2D eigenvalue weighted by molar-refractivity contribution is -0.207. The number of aliphatic hydroxyl groups is 1. The molecule has 2 atom stereocenters. The maximum atomic E-state index is 13.5. The zero-order valence-corrected chi connectivity index (χ0v) is 14.3. The number of fused-ring (bicyclic) bond motifs is 1. The molecule has 1 amide bonds. The van der Waals surface area contributed by atoms with Crippen LogP contribution in [0.5, 0.6) is 0 Å². The summed E-state index contributed by atoms with van der Waals surface area (Å²) in [5, 5.41) is 10.9. The van der Waals surface area contributed by atoms with Crippen molar-refractivity contribution in [2.75, 3.05) is 19.7 Å². The average molecular weight is 346 g/mol. The monoisotopic (exact) mass is 346 g/mol. The van der Waals surface area contributed by atoms with Crippen LogP contribution in [0.4, 0.5) is 4.39 Å². The van der Waals surface area contributed by atoms with Gasteiger partial charge in [0.2, 0.25) is 0 Å². The van der Waals surface area contributed by atoms with Gasteiger partial charge in [0.05, 0.1) is 17.8 Å². The topological polar surface area (TPSA) is 65.6 Å². The first kappa shape index (κ1) is 16.5. The predicted octanol–water partition coefficient (Wildman–Crippen LogP) is 2.70. The fourth-order valence-electron chi connectivity index (χ4n) is 4.38. The number of nitrogens with zero attached hydrogens (tertiary/aromatic N) is 1. The fraction of sp³-hybridized carbons (Fsp3) is 0.526. The number of likely N-dealkylation sites (tertiary alicyclic amines) is 1. The number of piperidine rings is 1. The Balaban J connectivity index is 1.50. The number of aromatic amines is 1. The smallest absolute Gasteiger partial charge is 0.256 e. The summed E-state index contributed by atoms with van der Waals surface area (Å²) in [6, 6.07) is 4.42. The minimum Gasteiger partial charge on any atom is -0.392 e. The number of ether oxygens (including phenoxy) is 1. The number of benzene rings is 1. The number of amides is 1. The summed E-state index contributed by atoms with van der Waals surface area (Å²) >= 11 is 0. The van der Waals surface area contributed by atoms with Crippen molar-refractivity contribution < 1.29 is 19.0 Å². The highest BCUT2D eigenvalue weighted by atomic mass is 19.1. The molecule has 1 aromatic carbocycles. The largest absolute Gasteiger partial charge is 0.392 e. The zero-order valence-electron chi connectivity index (χ0n) is 14.3. The van der Waals surface area contributed by atoms with Crippen molar-refractivity contribution in [1.29, 1.82) is 0 Å². The second kappa shape index (κ2) is 6.11. The van der Waals surface area contributed by atoms with Crippen LogP contribution in [0.25, 0.3) is 10.9 Å². The number of H-pyrrole nitrogens is 1. The van der Waals surface area contributed by atoms with Crippen LogP contribution >= 0.6 is 0 Å². The van der Waals surface area contributed by atoms with Gasteiger partial charge >= 0.3 is 0 Å². The summed E-state index contributed by atoms with van der Waals surface area (Å²) in [6.07, 6.45) is 3.56. The van der Waals surface area contributed by atoms with Crippen molar-refractivity contribution >= 4 is 16.8 Å². The Morgan fingerprint density at radius 1 is 1.44 bits per heavy atom. The Hall–Kier alpha value is -1.92. The van der Waals surface area contributed by atoms with E-state index in [9.17, 15) is 14.3 Å². The third-order valence-electron chi connectivity index (χ3n) is 5.97. The first-order valence-electron chi connectivity index (χ1n) is 8.91. The van der Waals surface area contributed by atoms with E-state index in [2.05, 4.69) is 4.98 Å². The van der Waals surface area contributed by atoms with Gasteiger partial charge in [-0.3, -0.25) is 4.79 Å². The Labute approximate surface area is 145 Å². The summed E-state index contributed by atoms with van der Waals surface area (Å²) in [5.41, 5.74) is 1.05. The summed E-state index contributed by atoms with van der Waals surface area (Å²) in [7, 11) is 0. The lowest BCUT2D eigenvalue weighted by atomic mass is 9.58. The number of hydrogen-bond acceptors (Lipinski definition) is 3. The minimum absolute atomic E-state index is 0.0894. The number of nitrogens with one attached hydrogen (secondary N) is 1. The summed E-state index contributed by atoms with van der Waals surface area (Å²) in [5.74, 6) is -0.440. The summed E-state index contributed by atoms with van der Waals surface area (Å²) in [4.78, 5) is 17.7. The molecule has 1 spiro atoms. The van der Waals surface area contributed by atoms with E-state index >= 15 is 0 Å². The molecule has 5 nitrogen and oxygen atoms in total. The standard InChI is InChI=1S/C19H23FN2O3/c1-2-25-17-10-16(23)19(17)5-7-22(8-6-19)18(24)14-11-21-15-4-3-12(20)9-13(14)15/h3-4,9,11,16-17,21,23H,2,5-8,10H2,1H3/t16-,17+/m1/s1. The SMILES string of the molecule is CCO[C@H]1C[C@@H](O)C12CCN(C(=O)c1c[nH]c3ccc(F)cc13)CC2. The van der Waals surface area contributed by atoms with E-state index in [1.165, 1.54) is 12.1 Å². The number of carbonyl (C=O) groups is 1. The van der Waals surface area contributed by atoms with Crippen molar-refractivity contribution in [2.45, 2.75) is 38.4 Å². The molecule has 1 aliphatic carbocycles. The molecule has 2 heterocycles. The average Bonchev–Trinajstić information content (AvgIpc) is 3.04.